The van der Waals surface area contributed by atoms with Gasteiger partial charge in [-0.3, -0.25) is 4.79 Å². The van der Waals surface area contributed by atoms with Crippen molar-refractivity contribution in [3.05, 3.63) is 71.8 Å². The van der Waals surface area contributed by atoms with Gasteiger partial charge < -0.3 is 10.5 Å². The van der Waals surface area contributed by atoms with Gasteiger partial charge in [0.1, 0.15) is 6.04 Å². The van der Waals surface area contributed by atoms with Gasteiger partial charge in [-0.05, 0) is 24.0 Å². The van der Waals surface area contributed by atoms with Crippen molar-refractivity contribution in [1.29, 1.82) is 0 Å². The third-order valence-electron chi connectivity index (χ3n) is 3.86. The number of carbonyl (C=O) groups is 1. The van der Waals surface area contributed by atoms with Gasteiger partial charge in [-0.1, -0.05) is 60.7 Å². The summed E-state index contributed by atoms with van der Waals surface area (Å²) < 4.78 is 32.1. The summed E-state index contributed by atoms with van der Waals surface area (Å²) in [6.45, 7) is 0. The fourth-order valence-corrected chi connectivity index (χ4v) is 4.08. The van der Waals surface area contributed by atoms with E-state index in [2.05, 4.69) is 4.72 Å². The van der Waals surface area contributed by atoms with E-state index in [0.29, 0.717) is 6.42 Å². The summed E-state index contributed by atoms with van der Waals surface area (Å²) in [5.74, 6) is -0.904. The first kappa shape index (κ1) is 20.1. The van der Waals surface area contributed by atoms with Gasteiger partial charge in [0, 0.05) is 6.04 Å². The van der Waals surface area contributed by atoms with Gasteiger partial charge in [-0.25, -0.2) is 13.1 Å². The summed E-state index contributed by atoms with van der Waals surface area (Å²) in [5, 5.41) is 0. The monoisotopic (exact) mass is 376 g/mol. The molecule has 0 aliphatic heterocycles. The summed E-state index contributed by atoms with van der Waals surface area (Å²) >= 11 is 0. The topological polar surface area (TPSA) is 98.5 Å². The van der Waals surface area contributed by atoms with E-state index >= 15 is 0 Å². The fourth-order valence-electron chi connectivity index (χ4n) is 2.69. The standard InChI is InChI=1S/C19H24N2O4S/c1-25-19(22)18(13-16-10-6-3-7-11-16)21-26(23,24)14-17(20)12-15-8-4-2-5-9-15/h2-11,17-18,21H,12-14,20H2,1H3/t17-,18-/m0/s1. The van der Waals surface area contributed by atoms with Crippen molar-refractivity contribution in [1.82, 2.24) is 4.72 Å². The number of nitrogens with one attached hydrogen (secondary N) is 1. The van der Waals surface area contributed by atoms with Crippen LogP contribution in [0.2, 0.25) is 0 Å². The molecule has 0 unspecified atom stereocenters. The Kier molecular flexibility index (Phi) is 7.32. The number of hydrogen-bond acceptors (Lipinski definition) is 5. The highest BCUT2D eigenvalue weighted by Crippen LogP contribution is 2.08. The van der Waals surface area contributed by atoms with Gasteiger partial charge in [0.15, 0.2) is 0 Å². The van der Waals surface area contributed by atoms with Crippen LogP contribution in [0.25, 0.3) is 0 Å². The van der Waals surface area contributed by atoms with E-state index in [-0.39, 0.29) is 12.2 Å². The van der Waals surface area contributed by atoms with Crippen LogP contribution in [0.15, 0.2) is 60.7 Å². The second-order valence-corrected chi connectivity index (χ2v) is 7.91. The molecule has 0 bridgehead atoms. The molecule has 3 N–H and O–H groups in total. The van der Waals surface area contributed by atoms with Gasteiger partial charge in [0.25, 0.3) is 0 Å². The van der Waals surface area contributed by atoms with Crippen LogP contribution in [-0.4, -0.2) is 39.3 Å². The van der Waals surface area contributed by atoms with Gasteiger partial charge in [-0.15, -0.1) is 0 Å². The molecule has 140 valence electrons. The van der Waals surface area contributed by atoms with Crippen LogP contribution >= 0.6 is 0 Å². The Hall–Kier alpha value is -2.22. The van der Waals surface area contributed by atoms with Crippen LogP contribution in [0.4, 0.5) is 0 Å². The molecule has 2 atom stereocenters. The first-order valence-electron chi connectivity index (χ1n) is 8.31. The number of ether oxygens (including phenoxy) is 1. The van der Waals surface area contributed by atoms with Gasteiger partial charge >= 0.3 is 5.97 Å². The summed E-state index contributed by atoms with van der Waals surface area (Å²) in [7, 11) is -2.52. The molecule has 2 aromatic rings. The Bertz CT molecular complexity index is 795. The normalized spacial score (nSPS) is 13.8. The summed E-state index contributed by atoms with van der Waals surface area (Å²) in [6.07, 6.45) is 0.643. The van der Waals surface area contributed by atoms with E-state index in [1.54, 1.807) is 0 Å². The molecule has 0 saturated carbocycles. The molecule has 2 rings (SSSR count). The highest BCUT2D eigenvalue weighted by molar-refractivity contribution is 7.89. The minimum Gasteiger partial charge on any atom is -0.468 e. The molecule has 0 fully saturated rings. The van der Waals surface area contributed by atoms with Crippen LogP contribution in [-0.2, 0) is 32.4 Å². The number of benzene rings is 2. The van der Waals surface area contributed by atoms with Crippen LogP contribution in [0.3, 0.4) is 0 Å². The Labute approximate surface area is 154 Å². The van der Waals surface area contributed by atoms with Crippen molar-refractivity contribution in [2.45, 2.75) is 24.9 Å². The minimum atomic E-state index is -3.75. The molecule has 0 aliphatic rings. The molecule has 0 heterocycles. The van der Waals surface area contributed by atoms with E-state index < -0.39 is 28.1 Å². The van der Waals surface area contributed by atoms with Crippen molar-refractivity contribution in [2.75, 3.05) is 12.9 Å². The molecule has 7 heteroatoms. The first-order valence-corrected chi connectivity index (χ1v) is 9.96. The second-order valence-electron chi connectivity index (χ2n) is 6.11. The average molecular weight is 376 g/mol. The Morgan fingerprint density at radius 3 is 2.00 bits per heavy atom. The molecular weight excluding hydrogens is 352 g/mol. The third kappa shape index (κ3) is 6.59. The maximum absolute atomic E-state index is 12.5. The molecule has 0 aromatic heterocycles. The Morgan fingerprint density at radius 2 is 1.50 bits per heavy atom. The molecule has 6 nitrogen and oxygen atoms in total. The number of nitrogens with two attached hydrogens (primary N) is 1. The molecule has 0 saturated heterocycles. The quantitative estimate of drug-likeness (QED) is 0.642. The zero-order valence-electron chi connectivity index (χ0n) is 14.7. The molecule has 0 aliphatic carbocycles. The van der Waals surface area contributed by atoms with E-state index in [9.17, 15) is 13.2 Å². The lowest BCUT2D eigenvalue weighted by Gasteiger charge is -2.19. The molecule has 2 aromatic carbocycles. The lowest BCUT2D eigenvalue weighted by Crippen LogP contribution is -2.47. The van der Waals surface area contributed by atoms with E-state index in [1.165, 1.54) is 7.11 Å². The predicted molar refractivity (Wildman–Crippen MR) is 101 cm³/mol. The number of methoxy groups -OCH3 is 1. The maximum Gasteiger partial charge on any atom is 0.324 e. The van der Waals surface area contributed by atoms with Gasteiger partial charge in [0.05, 0.1) is 12.9 Å². The van der Waals surface area contributed by atoms with Gasteiger partial charge in [0.2, 0.25) is 10.0 Å². The van der Waals surface area contributed by atoms with Crippen molar-refractivity contribution in [3.8, 4) is 0 Å². The van der Waals surface area contributed by atoms with Crippen molar-refractivity contribution in [3.63, 3.8) is 0 Å². The highest BCUT2D eigenvalue weighted by atomic mass is 32.2. The largest absolute Gasteiger partial charge is 0.468 e. The number of hydrogen-bond donors (Lipinski definition) is 2. The van der Waals surface area contributed by atoms with Crippen LogP contribution in [0.5, 0.6) is 0 Å². The van der Waals surface area contributed by atoms with Crippen molar-refractivity contribution >= 4 is 16.0 Å². The fraction of sp³-hybridized carbons (Fsp3) is 0.316. The predicted octanol–water partition coefficient (Wildman–Crippen LogP) is 1.26. The molecule has 0 spiro atoms. The highest BCUT2D eigenvalue weighted by Gasteiger charge is 2.27. The van der Waals surface area contributed by atoms with Gasteiger partial charge in [-0.2, -0.15) is 0 Å². The van der Waals surface area contributed by atoms with E-state index in [4.69, 9.17) is 10.5 Å². The van der Waals surface area contributed by atoms with Crippen LogP contribution in [0, 0.1) is 0 Å². The smallest absolute Gasteiger partial charge is 0.324 e. The van der Waals surface area contributed by atoms with Crippen LogP contribution in [0.1, 0.15) is 11.1 Å². The Morgan fingerprint density at radius 1 is 1.00 bits per heavy atom. The average Bonchev–Trinajstić information content (AvgIpc) is 2.61. The Balaban J connectivity index is 2.01. The molecule has 0 amide bonds. The number of esters is 1. The molecule has 26 heavy (non-hydrogen) atoms. The minimum absolute atomic E-state index is 0.209. The number of rotatable bonds is 9. The SMILES string of the molecule is COC(=O)[C@H](Cc1ccccc1)NS(=O)(=O)C[C@@H](N)Cc1ccccc1. The van der Waals surface area contributed by atoms with Crippen molar-refractivity contribution < 1.29 is 17.9 Å². The second kappa shape index (κ2) is 9.47. The van der Waals surface area contributed by atoms with Crippen molar-refractivity contribution in [2.24, 2.45) is 5.73 Å². The molecular formula is C19H24N2O4S. The zero-order chi connectivity index (χ0) is 19.0. The first-order chi connectivity index (χ1) is 12.4. The lowest BCUT2D eigenvalue weighted by atomic mass is 10.1. The maximum atomic E-state index is 12.5. The molecule has 0 radical (unpaired) electrons. The number of carbonyl (C=O) groups excluding carboxylic acids is 1. The number of sulfonamides is 1. The lowest BCUT2D eigenvalue weighted by molar-refractivity contribution is -0.142. The third-order valence-corrected chi connectivity index (χ3v) is 5.37. The summed E-state index contributed by atoms with van der Waals surface area (Å²) in [4.78, 5) is 12.0. The summed E-state index contributed by atoms with van der Waals surface area (Å²) in [6, 6.07) is 17.0. The van der Waals surface area contributed by atoms with E-state index in [1.807, 2.05) is 60.7 Å². The summed E-state index contributed by atoms with van der Waals surface area (Å²) in [5.41, 5.74) is 7.79. The van der Waals surface area contributed by atoms with E-state index in [0.717, 1.165) is 11.1 Å². The van der Waals surface area contributed by atoms with Crippen LogP contribution < -0.4 is 10.5 Å². The zero-order valence-corrected chi connectivity index (χ0v) is 15.5.